The van der Waals surface area contributed by atoms with Gasteiger partial charge in [-0.05, 0) is 12.1 Å². The Hall–Kier alpha value is -1.76. The predicted molar refractivity (Wildman–Crippen MR) is 60.1 cm³/mol. The van der Waals surface area contributed by atoms with Crippen molar-refractivity contribution in [1.82, 2.24) is 10.3 Å². The van der Waals surface area contributed by atoms with Crippen molar-refractivity contribution in [3.05, 3.63) is 24.0 Å². The second-order valence-electron chi connectivity index (χ2n) is 3.42. The third-order valence-electron chi connectivity index (χ3n) is 2.07. The van der Waals surface area contributed by atoms with Gasteiger partial charge in [-0.15, -0.1) is 0 Å². The van der Waals surface area contributed by atoms with E-state index in [1.165, 1.54) is 25.4 Å². The second-order valence-corrected chi connectivity index (χ2v) is 3.42. The van der Waals surface area contributed by atoms with Gasteiger partial charge in [-0.25, -0.2) is 8.78 Å². The molecule has 5 nitrogen and oxygen atoms in total. The summed E-state index contributed by atoms with van der Waals surface area (Å²) >= 11 is 0. The molecule has 0 unspecified atom stereocenters. The summed E-state index contributed by atoms with van der Waals surface area (Å²) in [5, 5.41) is 4.90. The molecule has 17 heavy (non-hydrogen) atoms. The summed E-state index contributed by atoms with van der Waals surface area (Å²) in [5.74, 6) is -3.35. The van der Waals surface area contributed by atoms with Crippen molar-refractivity contribution in [2.45, 2.75) is 5.92 Å². The fourth-order valence-corrected chi connectivity index (χ4v) is 1.10. The molecule has 0 radical (unpaired) electrons. The number of hydrogen-bond acceptors (Lipinski definition) is 4. The van der Waals surface area contributed by atoms with Crippen LogP contribution >= 0.6 is 0 Å². The standard InChI is InChI=1S/C10H14F2N4O/c1-14-9(17)8-4-7(2-3-15-8)16-6-10(11,12)5-13/h2-4H,5-6,13H2,1H3,(H,14,17)(H,15,16). The van der Waals surface area contributed by atoms with Crippen LogP contribution in [0.2, 0.25) is 0 Å². The number of nitrogens with one attached hydrogen (secondary N) is 2. The van der Waals surface area contributed by atoms with Crippen molar-refractivity contribution in [3.63, 3.8) is 0 Å². The van der Waals surface area contributed by atoms with Crippen LogP contribution in [0.5, 0.6) is 0 Å². The number of pyridine rings is 1. The molecule has 0 aromatic carbocycles. The van der Waals surface area contributed by atoms with Crippen molar-refractivity contribution in [2.24, 2.45) is 5.73 Å². The van der Waals surface area contributed by atoms with Gasteiger partial charge in [-0.2, -0.15) is 0 Å². The van der Waals surface area contributed by atoms with E-state index in [4.69, 9.17) is 5.73 Å². The minimum atomic E-state index is -2.98. The predicted octanol–water partition coefficient (Wildman–Crippen LogP) is 0.447. The Labute approximate surface area is 97.4 Å². The maximum Gasteiger partial charge on any atom is 0.276 e. The van der Waals surface area contributed by atoms with E-state index in [2.05, 4.69) is 15.6 Å². The smallest absolute Gasteiger partial charge is 0.276 e. The summed E-state index contributed by atoms with van der Waals surface area (Å²) in [7, 11) is 1.46. The molecule has 7 heteroatoms. The van der Waals surface area contributed by atoms with Crippen LogP contribution in [0.1, 0.15) is 10.5 Å². The third-order valence-corrected chi connectivity index (χ3v) is 2.07. The number of hydrogen-bond donors (Lipinski definition) is 3. The van der Waals surface area contributed by atoms with Gasteiger partial charge in [-0.3, -0.25) is 9.78 Å². The SMILES string of the molecule is CNC(=O)c1cc(NCC(F)(F)CN)ccn1. The van der Waals surface area contributed by atoms with Crippen LogP contribution in [0.15, 0.2) is 18.3 Å². The highest BCUT2D eigenvalue weighted by molar-refractivity contribution is 5.92. The lowest BCUT2D eigenvalue weighted by Crippen LogP contribution is -2.35. The van der Waals surface area contributed by atoms with Gasteiger partial charge >= 0.3 is 0 Å². The fraction of sp³-hybridized carbons (Fsp3) is 0.400. The molecule has 0 bridgehead atoms. The van der Waals surface area contributed by atoms with Crippen LogP contribution in [0.4, 0.5) is 14.5 Å². The van der Waals surface area contributed by atoms with Crippen molar-refractivity contribution in [3.8, 4) is 0 Å². The molecule has 0 fully saturated rings. The van der Waals surface area contributed by atoms with Crippen molar-refractivity contribution in [1.29, 1.82) is 0 Å². The average molecular weight is 244 g/mol. The van der Waals surface area contributed by atoms with Crippen molar-refractivity contribution >= 4 is 11.6 Å². The van der Waals surface area contributed by atoms with Crippen LogP contribution in [0.3, 0.4) is 0 Å². The minimum absolute atomic E-state index is 0.161. The van der Waals surface area contributed by atoms with Crippen molar-refractivity contribution in [2.75, 3.05) is 25.5 Å². The van der Waals surface area contributed by atoms with Gasteiger partial charge in [0.2, 0.25) is 0 Å². The molecule has 4 N–H and O–H groups in total. The number of anilines is 1. The maximum absolute atomic E-state index is 12.9. The molecule has 1 heterocycles. The lowest BCUT2D eigenvalue weighted by Gasteiger charge is -2.15. The number of carbonyl (C=O) groups excluding carboxylic acids is 1. The van der Waals surface area contributed by atoms with Gasteiger partial charge in [0.05, 0.1) is 13.1 Å². The Morgan fingerprint density at radius 3 is 2.88 bits per heavy atom. The third kappa shape index (κ3) is 3.95. The number of nitrogens with two attached hydrogens (primary N) is 1. The Bertz CT molecular complexity index is 398. The van der Waals surface area contributed by atoms with Gasteiger partial charge in [0.1, 0.15) is 5.69 Å². The normalized spacial score (nSPS) is 11.1. The molecule has 1 rings (SSSR count). The topological polar surface area (TPSA) is 80.0 Å². The van der Waals surface area contributed by atoms with E-state index in [1.54, 1.807) is 0 Å². The molecule has 0 aliphatic rings. The van der Waals surface area contributed by atoms with Crippen LogP contribution in [0, 0.1) is 0 Å². The number of nitrogens with zero attached hydrogens (tertiary/aromatic N) is 1. The quantitative estimate of drug-likeness (QED) is 0.702. The maximum atomic E-state index is 12.9. The Morgan fingerprint density at radius 2 is 2.29 bits per heavy atom. The number of carbonyl (C=O) groups is 1. The molecule has 0 atom stereocenters. The molecular weight excluding hydrogens is 230 g/mol. The molecule has 94 valence electrons. The number of amides is 1. The first-order valence-corrected chi connectivity index (χ1v) is 4.98. The van der Waals surface area contributed by atoms with Gasteiger partial charge in [0.15, 0.2) is 0 Å². The average Bonchev–Trinajstić information content (AvgIpc) is 2.36. The van der Waals surface area contributed by atoms with Crippen LogP contribution in [-0.4, -0.2) is 37.0 Å². The van der Waals surface area contributed by atoms with Gasteiger partial charge in [0, 0.05) is 18.9 Å². The van der Waals surface area contributed by atoms with Crippen LogP contribution < -0.4 is 16.4 Å². The molecule has 0 saturated carbocycles. The molecule has 1 aromatic rings. The summed E-state index contributed by atoms with van der Waals surface area (Å²) in [6, 6.07) is 2.89. The minimum Gasteiger partial charge on any atom is -0.379 e. The summed E-state index contributed by atoms with van der Waals surface area (Å²) in [6.07, 6.45) is 1.37. The summed E-state index contributed by atoms with van der Waals surface area (Å²) in [4.78, 5) is 15.1. The van der Waals surface area contributed by atoms with E-state index in [1.807, 2.05) is 0 Å². The lowest BCUT2D eigenvalue weighted by molar-refractivity contribution is 0.0254. The van der Waals surface area contributed by atoms with Crippen molar-refractivity contribution < 1.29 is 13.6 Å². The molecule has 0 aliphatic carbocycles. The van der Waals surface area contributed by atoms with E-state index in [0.717, 1.165) is 0 Å². The van der Waals surface area contributed by atoms with E-state index in [9.17, 15) is 13.6 Å². The fourth-order valence-electron chi connectivity index (χ4n) is 1.10. The Balaban J connectivity index is 2.70. The zero-order chi connectivity index (χ0) is 12.9. The zero-order valence-corrected chi connectivity index (χ0v) is 9.34. The number of rotatable bonds is 5. The molecule has 1 amide bonds. The second kappa shape index (κ2) is 5.53. The first kappa shape index (κ1) is 13.3. The number of halogens is 2. The van der Waals surface area contributed by atoms with Crippen LogP contribution in [0.25, 0.3) is 0 Å². The van der Waals surface area contributed by atoms with Gasteiger partial charge in [0.25, 0.3) is 11.8 Å². The van der Waals surface area contributed by atoms with E-state index in [-0.39, 0.29) is 11.6 Å². The highest BCUT2D eigenvalue weighted by atomic mass is 19.3. The molecule has 0 saturated heterocycles. The number of aromatic nitrogens is 1. The largest absolute Gasteiger partial charge is 0.379 e. The summed E-state index contributed by atoms with van der Waals surface area (Å²) in [6.45, 7) is -1.31. The van der Waals surface area contributed by atoms with E-state index >= 15 is 0 Å². The summed E-state index contributed by atoms with van der Waals surface area (Å²) < 4.78 is 25.8. The van der Waals surface area contributed by atoms with Crippen LogP contribution in [-0.2, 0) is 0 Å². The first-order valence-electron chi connectivity index (χ1n) is 4.98. The van der Waals surface area contributed by atoms with E-state index in [0.29, 0.717) is 5.69 Å². The Kier molecular flexibility index (Phi) is 4.33. The summed E-state index contributed by atoms with van der Waals surface area (Å²) in [5.41, 5.74) is 5.46. The molecule has 0 aliphatic heterocycles. The van der Waals surface area contributed by atoms with E-state index < -0.39 is 19.0 Å². The highest BCUT2D eigenvalue weighted by Crippen LogP contribution is 2.14. The zero-order valence-electron chi connectivity index (χ0n) is 9.34. The Morgan fingerprint density at radius 1 is 1.59 bits per heavy atom. The van der Waals surface area contributed by atoms with Gasteiger partial charge in [-0.1, -0.05) is 0 Å². The first-order chi connectivity index (χ1) is 7.98. The molecule has 0 spiro atoms. The highest BCUT2D eigenvalue weighted by Gasteiger charge is 2.26. The monoisotopic (exact) mass is 244 g/mol. The number of alkyl halides is 2. The molecule has 1 aromatic heterocycles. The van der Waals surface area contributed by atoms with Gasteiger partial charge < -0.3 is 16.4 Å². The molecular formula is C10H14F2N4O. The lowest BCUT2D eigenvalue weighted by atomic mass is 10.2.